The van der Waals surface area contributed by atoms with Gasteiger partial charge in [0.2, 0.25) is 10.0 Å². The fourth-order valence-corrected chi connectivity index (χ4v) is 4.61. The molecule has 1 heterocycles. The summed E-state index contributed by atoms with van der Waals surface area (Å²) in [5.74, 6) is -0.855. The number of nitrogens with zero attached hydrogens (tertiary/aromatic N) is 3. The highest BCUT2D eigenvalue weighted by Gasteiger charge is 2.31. The van der Waals surface area contributed by atoms with Crippen molar-refractivity contribution in [3.63, 3.8) is 0 Å². The SMILES string of the molecule is N#Cc1ccc(OCC(=O)N2CCN(S(=O)(=O)c3ccccc3F)CC2)c(Cl)c1. The lowest BCUT2D eigenvalue weighted by atomic mass is 10.2. The molecule has 0 bridgehead atoms. The summed E-state index contributed by atoms with van der Waals surface area (Å²) < 4.78 is 45.7. The lowest BCUT2D eigenvalue weighted by molar-refractivity contribution is -0.134. The van der Waals surface area contributed by atoms with Gasteiger partial charge in [-0.3, -0.25) is 4.79 Å². The van der Waals surface area contributed by atoms with Gasteiger partial charge in [-0.05, 0) is 30.3 Å². The van der Waals surface area contributed by atoms with Crippen molar-refractivity contribution >= 4 is 27.5 Å². The van der Waals surface area contributed by atoms with Crippen molar-refractivity contribution in [2.45, 2.75) is 4.90 Å². The lowest BCUT2D eigenvalue weighted by Crippen LogP contribution is -2.51. The van der Waals surface area contributed by atoms with Crippen molar-refractivity contribution in [1.29, 1.82) is 5.26 Å². The van der Waals surface area contributed by atoms with Gasteiger partial charge in [0.05, 0.1) is 16.7 Å². The average molecular weight is 438 g/mol. The van der Waals surface area contributed by atoms with E-state index in [0.29, 0.717) is 5.56 Å². The topological polar surface area (TPSA) is 90.7 Å². The molecule has 0 saturated carbocycles. The molecule has 0 aromatic heterocycles. The quantitative estimate of drug-likeness (QED) is 0.715. The molecule has 0 spiro atoms. The number of nitriles is 1. The molecule has 0 atom stereocenters. The molecule has 0 N–H and O–H groups in total. The predicted molar refractivity (Wildman–Crippen MR) is 103 cm³/mol. The van der Waals surface area contributed by atoms with E-state index in [1.807, 2.05) is 6.07 Å². The van der Waals surface area contributed by atoms with Crippen molar-refractivity contribution in [2.75, 3.05) is 32.8 Å². The van der Waals surface area contributed by atoms with Gasteiger partial charge in [-0.2, -0.15) is 9.57 Å². The second-order valence-electron chi connectivity index (χ2n) is 6.26. The standard InChI is InChI=1S/C19H17ClFN3O4S/c20-15-11-14(12-22)5-6-17(15)28-13-19(25)23-7-9-24(10-8-23)29(26,27)18-4-2-1-3-16(18)21/h1-6,11H,7-10,13H2. The number of piperazine rings is 1. The fraction of sp³-hybridized carbons (Fsp3) is 0.263. The van der Waals surface area contributed by atoms with Gasteiger partial charge in [-0.15, -0.1) is 0 Å². The van der Waals surface area contributed by atoms with E-state index in [9.17, 15) is 17.6 Å². The van der Waals surface area contributed by atoms with Crippen molar-refractivity contribution in [1.82, 2.24) is 9.21 Å². The first kappa shape index (κ1) is 21.0. The van der Waals surface area contributed by atoms with Crippen LogP contribution in [-0.2, 0) is 14.8 Å². The zero-order chi connectivity index (χ0) is 21.0. The van der Waals surface area contributed by atoms with Crippen molar-refractivity contribution in [2.24, 2.45) is 0 Å². The van der Waals surface area contributed by atoms with Gasteiger partial charge in [-0.25, -0.2) is 12.8 Å². The zero-order valence-corrected chi connectivity index (χ0v) is 16.8. The molecule has 2 aromatic carbocycles. The van der Waals surface area contributed by atoms with Crippen LogP contribution < -0.4 is 4.74 Å². The van der Waals surface area contributed by atoms with Crippen molar-refractivity contribution in [3.05, 3.63) is 58.9 Å². The molecule has 1 aliphatic rings. The van der Waals surface area contributed by atoms with Crippen molar-refractivity contribution < 1.29 is 22.3 Å². The fourth-order valence-electron chi connectivity index (χ4n) is 2.89. The molecule has 1 saturated heterocycles. The molecular weight excluding hydrogens is 421 g/mol. The molecule has 1 fully saturated rings. The zero-order valence-electron chi connectivity index (χ0n) is 15.2. The van der Waals surface area contributed by atoms with Gasteiger partial charge in [-0.1, -0.05) is 23.7 Å². The van der Waals surface area contributed by atoms with Crippen LogP contribution >= 0.6 is 11.6 Å². The summed E-state index contributed by atoms with van der Waals surface area (Å²) in [6, 6.07) is 11.6. The number of hydrogen-bond donors (Lipinski definition) is 0. The third-order valence-electron chi connectivity index (χ3n) is 4.46. The number of hydrogen-bond acceptors (Lipinski definition) is 5. The average Bonchev–Trinajstić information content (AvgIpc) is 2.72. The Kier molecular flexibility index (Phi) is 6.37. The van der Waals surface area contributed by atoms with E-state index in [-0.39, 0.29) is 54.4 Å². The maximum absolute atomic E-state index is 13.9. The van der Waals surface area contributed by atoms with E-state index >= 15 is 0 Å². The molecule has 10 heteroatoms. The number of ether oxygens (including phenoxy) is 1. The Balaban J connectivity index is 1.57. The third kappa shape index (κ3) is 4.67. The molecule has 0 unspecified atom stereocenters. The van der Waals surface area contributed by atoms with Gasteiger partial charge < -0.3 is 9.64 Å². The Hall–Kier alpha value is -2.67. The van der Waals surface area contributed by atoms with Gasteiger partial charge in [0.15, 0.2) is 6.61 Å². The monoisotopic (exact) mass is 437 g/mol. The Bertz CT molecular complexity index is 1060. The molecule has 3 rings (SSSR count). The minimum Gasteiger partial charge on any atom is -0.482 e. The summed E-state index contributed by atoms with van der Waals surface area (Å²) in [6.07, 6.45) is 0. The highest BCUT2D eigenvalue weighted by Crippen LogP contribution is 2.25. The van der Waals surface area contributed by atoms with Crippen LogP contribution in [0, 0.1) is 17.1 Å². The van der Waals surface area contributed by atoms with E-state index < -0.39 is 15.8 Å². The normalized spacial score (nSPS) is 15.0. The number of amides is 1. The first-order valence-corrected chi connectivity index (χ1v) is 10.5. The Morgan fingerprint density at radius 1 is 1.17 bits per heavy atom. The lowest BCUT2D eigenvalue weighted by Gasteiger charge is -2.34. The molecule has 2 aromatic rings. The Morgan fingerprint density at radius 2 is 1.86 bits per heavy atom. The smallest absolute Gasteiger partial charge is 0.260 e. The molecule has 0 radical (unpaired) electrons. The molecule has 1 aliphatic heterocycles. The summed E-state index contributed by atoms with van der Waals surface area (Å²) in [7, 11) is -3.96. The number of carbonyl (C=O) groups is 1. The van der Waals surface area contributed by atoms with E-state index in [1.165, 1.54) is 41.3 Å². The van der Waals surface area contributed by atoms with Gasteiger partial charge >= 0.3 is 0 Å². The second-order valence-corrected chi connectivity index (χ2v) is 8.57. The Morgan fingerprint density at radius 3 is 2.48 bits per heavy atom. The minimum atomic E-state index is -3.96. The third-order valence-corrected chi connectivity index (χ3v) is 6.69. The van der Waals surface area contributed by atoms with E-state index in [2.05, 4.69) is 0 Å². The molecular formula is C19H17ClFN3O4S. The highest BCUT2D eigenvalue weighted by atomic mass is 35.5. The Labute approximate surface area is 172 Å². The summed E-state index contributed by atoms with van der Waals surface area (Å²) in [6.45, 7) is 0.166. The number of halogens is 2. The summed E-state index contributed by atoms with van der Waals surface area (Å²) >= 11 is 6.01. The summed E-state index contributed by atoms with van der Waals surface area (Å²) in [5, 5.41) is 9.05. The van der Waals surface area contributed by atoms with Crippen molar-refractivity contribution in [3.8, 4) is 11.8 Å². The van der Waals surface area contributed by atoms with Gasteiger partial charge in [0.25, 0.3) is 5.91 Å². The molecule has 29 heavy (non-hydrogen) atoms. The molecule has 0 aliphatic carbocycles. The number of carbonyl (C=O) groups excluding carboxylic acids is 1. The van der Waals surface area contributed by atoms with Gasteiger partial charge in [0.1, 0.15) is 16.5 Å². The first-order chi connectivity index (χ1) is 13.8. The molecule has 152 valence electrons. The van der Waals surface area contributed by atoms with Crippen LogP contribution in [0.2, 0.25) is 5.02 Å². The van der Waals surface area contributed by atoms with E-state index in [4.69, 9.17) is 21.6 Å². The van der Waals surface area contributed by atoms with Crippen LogP contribution in [0.25, 0.3) is 0 Å². The maximum Gasteiger partial charge on any atom is 0.260 e. The second kappa shape index (κ2) is 8.78. The van der Waals surface area contributed by atoms with E-state index in [1.54, 1.807) is 0 Å². The van der Waals surface area contributed by atoms with Crippen LogP contribution in [0.4, 0.5) is 4.39 Å². The van der Waals surface area contributed by atoms with Crippen LogP contribution in [0.5, 0.6) is 5.75 Å². The first-order valence-electron chi connectivity index (χ1n) is 8.68. The van der Waals surface area contributed by atoms with Crippen LogP contribution in [0.3, 0.4) is 0 Å². The highest BCUT2D eigenvalue weighted by molar-refractivity contribution is 7.89. The van der Waals surface area contributed by atoms with Crippen LogP contribution in [0.15, 0.2) is 47.4 Å². The number of rotatable bonds is 5. The van der Waals surface area contributed by atoms with E-state index in [0.717, 1.165) is 10.4 Å². The number of sulfonamides is 1. The van der Waals surface area contributed by atoms with Gasteiger partial charge in [0, 0.05) is 26.2 Å². The van der Waals surface area contributed by atoms with Crippen LogP contribution in [0.1, 0.15) is 5.56 Å². The summed E-state index contributed by atoms with van der Waals surface area (Å²) in [5.41, 5.74) is 0.376. The predicted octanol–water partition coefficient (Wildman–Crippen LogP) is 2.26. The van der Waals surface area contributed by atoms with Crippen LogP contribution in [-0.4, -0.2) is 56.3 Å². The molecule has 7 nitrogen and oxygen atoms in total. The summed E-state index contributed by atoms with van der Waals surface area (Å²) in [4.78, 5) is 13.5. The minimum absolute atomic E-state index is 0.0556. The largest absolute Gasteiger partial charge is 0.482 e. The molecule has 1 amide bonds. The maximum atomic E-state index is 13.9. The number of benzene rings is 2.